The highest BCUT2D eigenvalue weighted by atomic mass is 79.9. The molecule has 0 atom stereocenters. The minimum absolute atomic E-state index is 0.822. The molecule has 3 heteroatoms. The van der Waals surface area contributed by atoms with Gasteiger partial charge in [0, 0.05) is 28.9 Å². The highest BCUT2D eigenvalue weighted by Crippen LogP contribution is 2.30. The molecular formula is C11H15BrN2. The van der Waals surface area contributed by atoms with Gasteiger partial charge in [-0.15, -0.1) is 0 Å². The summed E-state index contributed by atoms with van der Waals surface area (Å²) in [5.74, 6) is 0.875. The van der Waals surface area contributed by atoms with Crippen molar-refractivity contribution >= 4 is 27.3 Å². The first kappa shape index (κ1) is 9.84. The first-order chi connectivity index (χ1) is 6.70. The van der Waals surface area contributed by atoms with E-state index in [0.29, 0.717) is 0 Å². The van der Waals surface area contributed by atoms with Gasteiger partial charge in [0.15, 0.2) is 0 Å². The minimum atomic E-state index is 0.822. The van der Waals surface area contributed by atoms with Gasteiger partial charge in [-0.05, 0) is 46.5 Å². The molecule has 14 heavy (non-hydrogen) atoms. The summed E-state index contributed by atoms with van der Waals surface area (Å²) in [4.78, 5) is 2.37. The fourth-order valence-corrected chi connectivity index (χ4v) is 2.01. The summed E-state index contributed by atoms with van der Waals surface area (Å²) in [5, 5.41) is 0. The van der Waals surface area contributed by atoms with Crippen LogP contribution < -0.4 is 10.6 Å². The van der Waals surface area contributed by atoms with E-state index in [-0.39, 0.29) is 0 Å². The summed E-state index contributed by atoms with van der Waals surface area (Å²) in [6, 6.07) is 6.17. The van der Waals surface area contributed by atoms with Crippen molar-refractivity contribution in [2.24, 2.45) is 5.92 Å². The largest absolute Gasteiger partial charge is 0.398 e. The quantitative estimate of drug-likeness (QED) is 0.823. The molecule has 0 amide bonds. The van der Waals surface area contributed by atoms with Crippen molar-refractivity contribution < 1.29 is 0 Å². The van der Waals surface area contributed by atoms with Crippen LogP contribution in [-0.4, -0.2) is 13.1 Å². The van der Waals surface area contributed by atoms with Crippen LogP contribution in [0.5, 0.6) is 0 Å². The zero-order chi connectivity index (χ0) is 10.1. The summed E-state index contributed by atoms with van der Waals surface area (Å²) < 4.78 is 0.980. The fraction of sp³-hybridized carbons (Fsp3) is 0.455. The number of benzene rings is 1. The van der Waals surface area contributed by atoms with Crippen LogP contribution in [-0.2, 0) is 0 Å². The van der Waals surface area contributed by atoms with E-state index in [0.717, 1.165) is 16.1 Å². The van der Waals surface area contributed by atoms with Crippen LogP contribution >= 0.6 is 15.9 Å². The Morgan fingerprint density at radius 2 is 2.21 bits per heavy atom. The van der Waals surface area contributed by atoms with Crippen molar-refractivity contribution in [3.05, 3.63) is 22.7 Å². The SMILES string of the molecule is CCC1CN(c2ccc(Br)c(N)c2)C1. The zero-order valence-electron chi connectivity index (χ0n) is 8.33. The number of nitrogen functional groups attached to an aromatic ring is 1. The third-order valence-electron chi connectivity index (χ3n) is 2.88. The first-order valence-corrected chi connectivity index (χ1v) is 5.80. The van der Waals surface area contributed by atoms with Crippen molar-refractivity contribution in [1.29, 1.82) is 0 Å². The van der Waals surface area contributed by atoms with Gasteiger partial charge < -0.3 is 10.6 Å². The van der Waals surface area contributed by atoms with Gasteiger partial charge in [0.25, 0.3) is 0 Å². The molecule has 1 aromatic carbocycles. The number of nitrogens with zero attached hydrogens (tertiary/aromatic N) is 1. The molecule has 2 N–H and O–H groups in total. The number of halogens is 1. The lowest BCUT2D eigenvalue weighted by atomic mass is 9.96. The third kappa shape index (κ3) is 1.73. The summed E-state index contributed by atoms with van der Waals surface area (Å²) in [7, 11) is 0. The van der Waals surface area contributed by atoms with Crippen LogP contribution in [0.1, 0.15) is 13.3 Å². The Labute approximate surface area is 93.2 Å². The average Bonchev–Trinajstić information content (AvgIpc) is 2.09. The van der Waals surface area contributed by atoms with Gasteiger partial charge in [0.1, 0.15) is 0 Å². The van der Waals surface area contributed by atoms with E-state index in [1.54, 1.807) is 0 Å². The van der Waals surface area contributed by atoms with E-state index in [1.807, 2.05) is 12.1 Å². The first-order valence-electron chi connectivity index (χ1n) is 5.00. The molecule has 1 saturated heterocycles. The maximum absolute atomic E-state index is 5.83. The van der Waals surface area contributed by atoms with Crippen molar-refractivity contribution in [1.82, 2.24) is 0 Å². The van der Waals surface area contributed by atoms with E-state index in [9.17, 15) is 0 Å². The van der Waals surface area contributed by atoms with Crippen LogP contribution in [0.4, 0.5) is 11.4 Å². The Bertz CT molecular complexity index is 332. The average molecular weight is 255 g/mol. The smallest absolute Gasteiger partial charge is 0.0479 e. The molecule has 0 radical (unpaired) electrons. The Balaban J connectivity index is 2.08. The maximum Gasteiger partial charge on any atom is 0.0479 e. The summed E-state index contributed by atoms with van der Waals surface area (Å²) >= 11 is 3.40. The standard InChI is InChI=1S/C11H15BrN2/c1-2-8-6-14(7-8)9-3-4-10(12)11(13)5-9/h3-5,8H,2,6-7,13H2,1H3. The molecule has 1 aromatic rings. The predicted molar refractivity (Wildman–Crippen MR) is 64.5 cm³/mol. The molecule has 2 nitrogen and oxygen atoms in total. The number of anilines is 2. The summed E-state index contributed by atoms with van der Waals surface area (Å²) in [6.07, 6.45) is 1.28. The molecule has 2 rings (SSSR count). The number of nitrogens with two attached hydrogens (primary N) is 1. The topological polar surface area (TPSA) is 29.3 Å². The van der Waals surface area contributed by atoms with E-state index >= 15 is 0 Å². The van der Waals surface area contributed by atoms with E-state index in [4.69, 9.17) is 5.73 Å². The molecule has 0 saturated carbocycles. The highest BCUT2D eigenvalue weighted by Gasteiger charge is 2.25. The molecule has 0 aliphatic carbocycles. The minimum Gasteiger partial charge on any atom is -0.398 e. The van der Waals surface area contributed by atoms with Gasteiger partial charge in [-0.25, -0.2) is 0 Å². The van der Waals surface area contributed by atoms with Crippen LogP contribution in [0.15, 0.2) is 22.7 Å². The molecule has 1 fully saturated rings. The molecular weight excluding hydrogens is 240 g/mol. The fourth-order valence-electron chi connectivity index (χ4n) is 1.77. The Morgan fingerprint density at radius 1 is 1.50 bits per heavy atom. The Kier molecular flexibility index (Phi) is 2.68. The second kappa shape index (κ2) is 3.81. The van der Waals surface area contributed by atoms with Crippen molar-refractivity contribution in [3.8, 4) is 0 Å². The molecule has 1 aliphatic heterocycles. The maximum atomic E-state index is 5.83. The molecule has 0 bridgehead atoms. The number of hydrogen-bond donors (Lipinski definition) is 1. The van der Waals surface area contributed by atoms with Crippen molar-refractivity contribution in [3.63, 3.8) is 0 Å². The lowest BCUT2D eigenvalue weighted by molar-refractivity contribution is 0.399. The zero-order valence-corrected chi connectivity index (χ0v) is 9.92. The lowest BCUT2D eigenvalue weighted by Gasteiger charge is -2.40. The van der Waals surface area contributed by atoms with E-state index < -0.39 is 0 Å². The highest BCUT2D eigenvalue weighted by molar-refractivity contribution is 9.10. The van der Waals surface area contributed by atoms with Crippen LogP contribution in [0, 0.1) is 5.92 Å². The summed E-state index contributed by atoms with van der Waals surface area (Å²) in [6.45, 7) is 4.60. The predicted octanol–water partition coefficient (Wildman–Crippen LogP) is 2.88. The van der Waals surface area contributed by atoms with E-state index in [2.05, 4.69) is 33.8 Å². The molecule has 0 aromatic heterocycles. The normalized spacial score (nSPS) is 16.9. The van der Waals surface area contributed by atoms with E-state index in [1.165, 1.54) is 25.2 Å². The molecule has 76 valence electrons. The van der Waals surface area contributed by atoms with Crippen molar-refractivity contribution in [2.45, 2.75) is 13.3 Å². The summed E-state index contributed by atoms with van der Waals surface area (Å²) in [5.41, 5.74) is 7.90. The van der Waals surface area contributed by atoms with Gasteiger partial charge in [0.05, 0.1) is 0 Å². The molecule has 0 unspecified atom stereocenters. The van der Waals surface area contributed by atoms with Gasteiger partial charge in [-0.2, -0.15) is 0 Å². The molecule has 0 spiro atoms. The van der Waals surface area contributed by atoms with Gasteiger partial charge >= 0.3 is 0 Å². The lowest BCUT2D eigenvalue weighted by Crippen LogP contribution is -2.46. The Morgan fingerprint density at radius 3 is 2.79 bits per heavy atom. The van der Waals surface area contributed by atoms with Gasteiger partial charge in [-0.3, -0.25) is 0 Å². The second-order valence-electron chi connectivity index (χ2n) is 3.89. The van der Waals surface area contributed by atoms with Crippen molar-refractivity contribution in [2.75, 3.05) is 23.7 Å². The second-order valence-corrected chi connectivity index (χ2v) is 4.74. The molecule has 1 heterocycles. The van der Waals surface area contributed by atoms with Crippen LogP contribution in [0.25, 0.3) is 0 Å². The number of rotatable bonds is 2. The third-order valence-corrected chi connectivity index (χ3v) is 3.60. The van der Waals surface area contributed by atoms with Crippen LogP contribution in [0.2, 0.25) is 0 Å². The van der Waals surface area contributed by atoms with Gasteiger partial charge in [0.2, 0.25) is 0 Å². The molecule has 1 aliphatic rings. The number of hydrogen-bond acceptors (Lipinski definition) is 2. The Hall–Kier alpha value is -0.700. The monoisotopic (exact) mass is 254 g/mol. The van der Waals surface area contributed by atoms with Crippen LogP contribution in [0.3, 0.4) is 0 Å². The van der Waals surface area contributed by atoms with Gasteiger partial charge in [-0.1, -0.05) is 6.92 Å².